The van der Waals surface area contributed by atoms with Crippen LogP contribution in [-0.2, 0) is 6.54 Å². The van der Waals surface area contributed by atoms with E-state index in [4.69, 9.17) is 0 Å². The van der Waals surface area contributed by atoms with Crippen molar-refractivity contribution in [3.63, 3.8) is 0 Å². The Morgan fingerprint density at radius 2 is 2.08 bits per heavy atom. The number of carbonyl (C=O) groups excluding carboxylic acids is 1. The molecule has 0 saturated carbocycles. The van der Waals surface area contributed by atoms with E-state index < -0.39 is 5.91 Å². The minimum absolute atomic E-state index is 0.125. The number of carbonyl (C=O) groups is 1. The molecule has 4 N–H and O–H groups in total. The summed E-state index contributed by atoms with van der Waals surface area (Å²) in [6.45, 7) is 3.16. The summed E-state index contributed by atoms with van der Waals surface area (Å²) in [5.74, 6) is 0.101. The lowest BCUT2D eigenvalue weighted by molar-refractivity contribution is 0.0950. The van der Waals surface area contributed by atoms with Gasteiger partial charge in [0, 0.05) is 42.5 Å². The van der Waals surface area contributed by atoms with Gasteiger partial charge in [0.2, 0.25) is 0 Å². The highest BCUT2D eigenvalue weighted by Crippen LogP contribution is 2.27. The molecule has 138 valence electrons. The number of benzene rings is 1. The fourth-order valence-corrected chi connectivity index (χ4v) is 3.09. The summed E-state index contributed by atoms with van der Waals surface area (Å²) in [5.41, 5.74) is 1.36. The van der Waals surface area contributed by atoms with Gasteiger partial charge in [-0.1, -0.05) is 6.07 Å². The van der Waals surface area contributed by atoms with E-state index in [1.807, 2.05) is 11.0 Å². The summed E-state index contributed by atoms with van der Waals surface area (Å²) in [6.07, 6.45) is 3.01. The number of nitrogens with zero attached hydrogens (tertiary/aromatic N) is 2. The first-order valence-corrected chi connectivity index (χ1v) is 8.63. The number of piperidine rings is 1. The third kappa shape index (κ3) is 3.88. The van der Waals surface area contributed by atoms with E-state index in [0.717, 1.165) is 30.8 Å². The topological polar surface area (TPSA) is 106 Å². The third-order valence-corrected chi connectivity index (χ3v) is 4.62. The zero-order valence-electron chi connectivity index (χ0n) is 14.6. The molecule has 7 nitrogen and oxygen atoms in total. The maximum Gasteiger partial charge on any atom is 0.251 e. The Labute approximate surface area is 151 Å². The highest BCUT2D eigenvalue weighted by molar-refractivity contribution is 5.95. The molecule has 2 aromatic rings. The van der Waals surface area contributed by atoms with E-state index in [1.54, 1.807) is 19.2 Å². The molecule has 1 aliphatic heterocycles. The number of nitrogens with one attached hydrogen (secondary N) is 1. The van der Waals surface area contributed by atoms with Gasteiger partial charge in [-0.05, 0) is 38.0 Å². The van der Waals surface area contributed by atoms with Crippen molar-refractivity contribution in [3.05, 3.63) is 47.2 Å². The second-order valence-electron chi connectivity index (χ2n) is 6.55. The Morgan fingerprint density at radius 1 is 1.35 bits per heavy atom. The Balaban J connectivity index is 1.73. The minimum atomic E-state index is -0.399. The quantitative estimate of drug-likeness (QED) is 0.664. The van der Waals surface area contributed by atoms with Crippen molar-refractivity contribution in [1.82, 2.24) is 10.3 Å². The van der Waals surface area contributed by atoms with E-state index in [-0.39, 0.29) is 29.7 Å². The lowest BCUT2D eigenvalue weighted by Crippen LogP contribution is -2.39. The fraction of sp³-hybridized carbons (Fsp3) is 0.368. The Kier molecular flexibility index (Phi) is 5.27. The van der Waals surface area contributed by atoms with Crippen LogP contribution in [0.2, 0.25) is 0 Å². The minimum Gasteiger partial charge on any atom is -0.508 e. The molecule has 2 heterocycles. The molecule has 0 spiro atoms. The molecule has 26 heavy (non-hydrogen) atoms. The number of aromatic hydroxyl groups is 2. The SMILES string of the molecule is Cc1c(O)cc(C(=O)NCc2cccnc2N2CCC[C@@H](O)C2)cc1O. The van der Waals surface area contributed by atoms with E-state index in [0.29, 0.717) is 12.1 Å². The second kappa shape index (κ2) is 7.61. The van der Waals surface area contributed by atoms with Crippen LogP contribution in [0.1, 0.15) is 34.3 Å². The smallest absolute Gasteiger partial charge is 0.251 e. The van der Waals surface area contributed by atoms with Crippen LogP contribution in [-0.4, -0.2) is 45.4 Å². The van der Waals surface area contributed by atoms with Crippen molar-refractivity contribution in [2.45, 2.75) is 32.4 Å². The number of rotatable bonds is 4. The van der Waals surface area contributed by atoms with Crippen LogP contribution >= 0.6 is 0 Å². The standard InChI is InChI=1S/C19H23N3O4/c1-12-16(24)8-14(9-17(12)25)19(26)21-10-13-4-2-6-20-18(13)22-7-3-5-15(23)11-22/h2,4,6,8-9,15,23-25H,3,5,7,10-11H2,1H3,(H,21,26)/t15-/m1/s1. The Hall–Kier alpha value is -2.80. The number of hydrogen-bond acceptors (Lipinski definition) is 6. The van der Waals surface area contributed by atoms with Crippen molar-refractivity contribution in [1.29, 1.82) is 0 Å². The zero-order valence-corrected chi connectivity index (χ0v) is 14.6. The lowest BCUT2D eigenvalue weighted by Gasteiger charge is -2.32. The predicted octanol–water partition coefficient (Wildman–Crippen LogP) is 1.69. The number of anilines is 1. The van der Waals surface area contributed by atoms with E-state index in [2.05, 4.69) is 10.3 Å². The zero-order chi connectivity index (χ0) is 18.7. The van der Waals surface area contributed by atoms with Crippen molar-refractivity contribution >= 4 is 11.7 Å². The van der Waals surface area contributed by atoms with Gasteiger partial charge in [-0.15, -0.1) is 0 Å². The summed E-state index contributed by atoms with van der Waals surface area (Å²) < 4.78 is 0. The average Bonchev–Trinajstić information content (AvgIpc) is 2.64. The van der Waals surface area contributed by atoms with Gasteiger partial charge in [0.1, 0.15) is 17.3 Å². The van der Waals surface area contributed by atoms with Crippen molar-refractivity contribution in [3.8, 4) is 11.5 Å². The lowest BCUT2D eigenvalue weighted by atomic mass is 10.1. The number of β-amino-alcohol motifs (C(OH)–C–C–N with tert-alkyl or cyclic N) is 1. The number of amides is 1. The maximum atomic E-state index is 12.4. The van der Waals surface area contributed by atoms with E-state index in [9.17, 15) is 20.1 Å². The fourth-order valence-electron chi connectivity index (χ4n) is 3.09. The molecule has 1 aliphatic rings. The van der Waals surface area contributed by atoms with Gasteiger partial charge in [-0.3, -0.25) is 4.79 Å². The predicted molar refractivity (Wildman–Crippen MR) is 97.4 cm³/mol. The van der Waals surface area contributed by atoms with Crippen molar-refractivity contribution in [2.24, 2.45) is 0 Å². The molecule has 1 aromatic carbocycles. The van der Waals surface area contributed by atoms with E-state index >= 15 is 0 Å². The maximum absolute atomic E-state index is 12.4. The first kappa shape index (κ1) is 18.0. The molecule has 1 atom stereocenters. The summed E-state index contributed by atoms with van der Waals surface area (Å²) in [4.78, 5) is 18.8. The molecule has 3 rings (SSSR count). The highest BCUT2D eigenvalue weighted by Gasteiger charge is 2.21. The highest BCUT2D eigenvalue weighted by atomic mass is 16.3. The van der Waals surface area contributed by atoms with Gasteiger partial charge in [0.05, 0.1) is 6.10 Å². The van der Waals surface area contributed by atoms with Gasteiger partial charge in [-0.2, -0.15) is 0 Å². The Morgan fingerprint density at radius 3 is 2.77 bits per heavy atom. The van der Waals surface area contributed by atoms with E-state index in [1.165, 1.54) is 12.1 Å². The number of aliphatic hydroxyl groups is 1. The van der Waals surface area contributed by atoms with Gasteiger partial charge in [0.25, 0.3) is 5.91 Å². The molecule has 0 bridgehead atoms. The molecular weight excluding hydrogens is 334 g/mol. The largest absolute Gasteiger partial charge is 0.508 e. The first-order valence-electron chi connectivity index (χ1n) is 8.63. The molecule has 0 radical (unpaired) electrons. The molecule has 1 amide bonds. The summed E-state index contributed by atoms with van der Waals surface area (Å²) in [7, 11) is 0. The molecule has 0 aliphatic carbocycles. The molecule has 1 aromatic heterocycles. The average molecular weight is 357 g/mol. The molecule has 1 saturated heterocycles. The second-order valence-corrected chi connectivity index (χ2v) is 6.55. The van der Waals surface area contributed by atoms with Gasteiger partial charge < -0.3 is 25.5 Å². The van der Waals surface area contributed by atoms with Gasteiger partial charge in [0.15, 0.2) is 0 Å². The molecule has 7 heteroatoms. The van der Waals surface area contributed by atoms with Crippen LogP contribution in [0.4, 0.5) is 5.82 Å². The third-order valence-electron chi connectivity index (χ3n) is 4.62. The van der Waals surface area contributed by atoms with Crippen LogP contribution < -0.4 is 10.2 Å². The molecule has 1 fully saturated rings. The number of phenolic OH excluding ortho intramolecular Hbond substituents is 2. The van der Waals surface area contributed by atoms with Crippen molar-refractivity contribution < 1.29 is 20.1 Å². The number of aromatic nitrogens is 1. The number of hydrogen-bond donors (Lipinski definition) is 4. The van der Waals surface area contributed by atoms with Crippen LogP contribution in [0.3, 0.4) is 0 Å². The van der Waals surface area contributed by atoms with Crippen LogP contribution in [0.5, 0.6) is 11.5 Å². The Bertz CT molecular complexity index is 786. The van der Waals surface area contributed by atoms with Gasteiger partial charge >= 0.3 is 0 Å². The summed E-state index contributed by atoms with van der Waals surface area (Å²) >= 11 is 0. The van der Waals surface area contributed by atoms with Gasteiger partial charge in [-0.25, -0.2) is 4.98 Å². The van der Waals surface area contributed by atoms with Crippen LogP contribution in [0, 0.1) is 6.92 Å². The molecule has 0 unspecified atom stereocenters. The number of phenols is 2. The first-order chi connectivity index (χ1) is 12.5. The van der Waals surface area contributed by atoms with Crippen LogP contribution in [0.25, 0.3) is 0 Å². The number of pyridine rings is 1. The number of aliphatic hydroxyl groups excluding tert-OH is 1. The summed E-state index contributed by atoms with van der Waals surface area (Å²) in [5, 5.41) is 32.2. The normalized spacial score (nSPS) is 17.2. The van der Waals surface area contributed by atoms with Crippen LogP contribution in [0.15, 0.2) is 30.5 Å². The monoisotopic (exact) mass is 357 g/mol. The van der Waals surface area contributed by atoms with Crippen molar-refractivity contribution in [2.75, 3.05) is 18.0 Å². The molecular formula is C19H23N3O4. The summed E-state index contributed by atoms with van der Waals surface area (Å²) in [6, 6.07) is 6.34.